The minimum Gasteiger partial charge on any atom is -0.341 e. The molecule has 0 spiro atoms. The van der Waals surface area contributed by atoms with Crippen LogP contribution in [0.15, 0.2) is 60.9 Å². The molecule has 2 aromatic carbocycles. The van der Waals surface area contributed by atoms with Crippen LogP contribution >= 0.6 is 0 Å². The summed E-state index contributed by atoms with van der Waals surface area (Å²) in [5.41, 5.74) is 3.30. The predicted molar refractivity (Wildman–Crippen MR) is 99.3 cm³/mol. The molecular formula is C21H23N3O. The van der Waals surface area contributed by atoms with Gasteiger partial charge in [0.15, 0.2) is 0 Å². The van der Waals surface area contributed by atoms with Crippen LogP contribution in [-0.4, -0.2) is 33.4 Å². The van der Waals surface area contributed by atoms with Crippen LogP contribution < -0.4 is 0 Å². The zero-order valence-corrected chi connectivity index (χ0v) is 14.3. The van der Waals surface area contributed by atoms with Crippen LogP contribution in [-0.2, 0) is 11.3 Å². The highest BCUT2D eigenvalue weighted by Crippen LogP contribution is 2.26. The fraction of sp³-hybridized carbons (Fsp3) is 0.333. The van der Waals surface area contributed by atoms with E-state index in [2.05, 4.69) is 29.2 Å². The van der Waals surface area contributed by atoms with Gasteiger partial charge in [-0.3, -0.25) is 4.79 Å². The normalized spacial score (nSPS) is 18.2. The topological polar surface area (TPSA) is 38.1 Å². The second-order valence-corrected chi connectivity index (χ2v) is 6.80. The highest BCUT2D eigenvalue weighted by Gasteiger charge is 2.23. The lowest BCUT2D eigenvalue weighted by Crippen LogP contribution is -2.36. The first-order valence-corrected chi connectivity index (χ1v) is 9.04. The first-order valence-electron chi connectivity index (χ1n) is 9.04. The van der Waals surface area contributed by atoms with Gasteiger partial charge in [0.25, 0.3) is 0 Å². The molecule has 2 heterocycles. The zero-order valence-electron chi connectivity index (χ0n) is 14.3. The second-order valence-electron chi connectivity index (χ2n) is 6.80. The van der Waals surface area contributed by atoms with Crippen molar-refractivity contribution in [3.63, 3.8) is 0 Å². The SMILES string of the molecule is O=C(Cn1cnc2ccccc21)N1CCCCC(c2ccccc2)C1. The summed E-state index contributed by atoms with van der Waals surface area (Å²) >= 11 is 0. The molecule has 0 saturated carbocycles. The Bertz CT molecular complexity index is 856. The third-order valence-corrected chi connectivity index (χ3v) is 5.13. The summed E-state index contributed by atoms with van der Waals surface area (Å²) < 4.78 is 1.96. The van der Waals surface area contributed by atoms with Gasteiger partial charge in [-0.25, -0.2) is 4.98 Å². The van der Waals surface area contributed by atoms with Crippen molar-refractivity contribution in [2.45, 2.75) is 31.7 Å². The van der Waals surface area contributed by atoms with Crippen LogP contribution in [0.3, 0.4) is 0 Å². The molecule has 1 aliphatic rings. The lowest BCUT2D eigenvalue weighted by atomic mass is 9.94. The van der Waals surface area contributed by atoms with E-state index in [1.165, 1.54) is 12.0 Å². The first kappa shape index (κ1) is 15.9. The maximum atomic E-state index is 12.9. The Kier molecular flexibility index (Phi) is 4.51. The standard InChI is InChI=1S/C21H23N3O/c25-21(15-24-16-22-19-11-4-5-12-20(19)24)23-13-7-6-10-18(14-23)17-8-2-1-3-9-17/h1-5,8-9,11-12,16,18H,6-7,10,13-15H2. The summed E-state index contributed by atoms with van der Waals surface area (Å²) in [5, 5.41) is 0. The van der Waals surface area contributed by atoms with Gasteiger partial charge in [0, 0.05) is 19.0 Å². The Balaban J connectivity index is 1.50. The molecule has 1 saturated heterocycles. The van der Waals surface area contributed by atoms with Gasteiger partial charge in [-0.1, -0.05) is 48.9 Å². The van der Waals surface area contributed by atoms with Crippen molar-refractivity contribution in [1.29, 1.82) is 0 Å². The number of carbonyl (C=O) groups is 1. The van der Waals surface area contributed by atoms with E-state index in [9.17, 15) is 4.79 Å². The molecule has 128 valence electrons. The van der Waals surface area contributed by atoms with Crippen molar-refractivity contribution in [3.05, 3.63) is 66.5 Å². The highest BCUT2D eigenvalue weighted by atomic mass is 16.2. The molecule has 3 aromatic rings. The van der Waals surface area contributed by atoms with Crippen LogP contribution in [0.1, 0.15) is 30.7 Å². The van der Waals surface area contributed by atoms with Crippen LogP contribution in [0.2, 0.25) is 0 Å². The van der Waals surface area contributed by atoms with Gasteiger partial charge >= 0.3 is 0 Å². The average molecular weight is 333 g/mol. The van der Waals surface area contributed by atoms with E-state index in [0.29, 0.717) is 12.5 Å². The molecule has 1 atom stereocenters. The van der Waals surface area contributed by atoms with Crippen molar-refractivity contribution >= 4 is 16.9 Å². The molecule has 4 rings (SSSR count). The predicted octanol–water partition coefficient (Wildman–Crippen LogP) is 3.83. The molecular weight excluding hydrogens is 310 g/mol. The van der Waals surface area contributed by atoms with Crippen molar-refractivity contribution in [3.8, 4) is 0 Å². The van der Waals surface area contributed by atoms with Crippen LogP contribution in [0.5, 0.6) is 0 Å². The number of rotatable bonds is 3. The fourth-order valence-corrected chi connectivity index (χ4v) is 3.75. The summed E-state index contributed by atoms with van der Waals surface area (Å²) in [4.78, 5) is 19.3. The number of likely N-dealkylation sites (tertiary alicyclic amines) is 1. The van der Waals surface area contributed by atoms with E-state index in [0.717, 1.165) is 37.0 Å². The molecule has 1 unspecified atom stereocenters. The number of amides is 1. The van der Waals surface area contributed by atoms with E-state index in [4.69, 9.17) is 0 Å². The third kappa shape index (κ3) is 3.43. The van der Waals surface area contributed by atoms with Crippen LogP contribution in [0.25, 0.3) is 11.0 Å². The summed E-state index contributed by atoms with van der Waals surface area (Å²) in [6, 6.07) is 18.5. The largest absolute Gasteiger partial charge is 0.341 e. The van der Waals surface area contributed by atoms with Gasteiger partial charge in [-0.15, -0.1) is 0 Å². The van der Waals surface area contributed by atoms with Gasteiger partial charge in [0.05, 0.1) is 17.4 Å². The number of carbonyl (C=O) groups excluding carboxylic acids is 1. The minimum absolute atomic E-state index is 0.186. The molecule has 0 bridgehead atoms. The van der Waals surface area contributed by atoms with Gasteiger partial charge in [-0.2, -0.15) is 0 Å². The van der Waals surface area contributed by atoms with Crippen molar-refractivity contribution in [1.82, 2.24) is 14.5 Å². The Hall–Kier alpha value is -2.62. The van der Waals surface area contributed by atoms with Crippen LogP contribution in [0, 0.1) is 0 Å². The van der Waals surface area contributed by atoms with E-state index in [1.807, 2.05) is 39.8 Å². The molecule has 1 aromatic heterocycles. The van der Waals surface area contributed by atoms with Crippen molar-refractivity contribution < 1.29 is 4.79 Å². The van der Waals surface area contributed by atoms with E-state index >= 15 is 0 Å². The average Bonchev–Trinajstić information content (AvgIpc) is 2.90. The quantitative estimate of drug-likeness (QED) is 0.730. The number of benzene rings is 2. The fourth-order valence-electron chi connectivity index (χ4n) is 3.75. The lowest BCUT2D eigenvalue weighted by Gasteiger charge is -2.25. The molecule has 0 N–H and O–H groups in total. The molecule has 1 fully saturated rings. The minimum atomic E-state index is 0.186. The summed E-state index contributed by atoms with van der Waals surface area (Å²) in [6.45, 7) is 2.03. The van der Waals surface area contributed by atoms with Crippen molar-refractivity contribution in [2.75, 3.05) is 13.1 Å². The summed E-state index contributed by atoms with van der Waals surface area (Å²) in [6.07, 6.45) is 5.19. The summed E-state index contributed by atoms with van der Waals surface area (Å²) in [7, 11) is 0. The molecule has 25 heavy (non-hydrogen) atoms. The number of nitrogens with zero attached hydrogens (tertiary/aromatic N) is 3. The Morgan fingerprint density at radius 1 is 1.04 bits per heavy atom. The number of aromatic nitrogens is 2. The smallest absolute Gasteiger partial charge is 0.242 e. The highest BCUT2D eigenvalue weighted by molar-refractivity contribution is 5.80. The maximum Gasteiger partial charge on any atom is 0.242 e. The van der Waals surface area contributed by atoms with E-state index in [-0.39, 0.29) is 5.91 Å². The monoisotopic (exact) mass is 333 g/mol. The van der Waals surface area contributed by atoms with Crippen LogP contribution in [0.4, 0.5) is 0 Å². The molecule has 0 aliphatic carbocycles. The van der Waals surface area contributed by atoms with Gasteiger partial charge < -0.3 is 9.47 Å². The third-order valence-electron chi connectivity index (χ3n) is 5.13. The molecule has 4 nitrogen and oxygen atoms in total. The van der Waals surface area contributed by atoms with Crippen molar-refractivity contribution in [2.24, 2.45) is 0 Å². The molecule has 1 aliphatic heterocycles. The number of hydrogen-bond donors (Lipinski definition) is 0. The number of fused-ring (bicyclic) bond motifs is 1. The molecule has 4 heteroatoms. The van der Waals surface area contributed by atoms with E-state index < -0.39 is 0 Å². The first-order chi connectivity index (χ1) is 12.3. The van der Waals surface area contributed by atoms with E-state index in [1.54, 1.807) is 6.33 Å². The zero-order chi connectivity index (χ0) is 17.1. The molecule has 0 radical (unpaired) electrons. The lowest BCUT2D eigenvalue weighted by molar-refractivity contribution is -0.131. The summed E-state index contributed by atoms with van der Waals surface area (Å²) in [5.74, 6) is 0.623. The second kappa shape index (κ2) is 7.09. The van der Waals surface area contributed by atoms with Gasteiger partial charge in [-0.05, 0) is 30.5 Å². The van der Waals surface area contributed by atoms with Gasteiger partial charge in [0.1, 0.15) is 6.54 Å². The Morgan fingerprint density at radius 3 is 2.72 bits per heavy atom. The number of para-hydroxylation sites is 2. The maximum absolute atomic E-state index is 12.9. The van der Waals surface area contributed by atoms with Gasteiger partial charge in [0.2, 0.25) is 5.91 Å². The Labute approximate surface area is 148 Å². The molecule has 1 amide bonds. The number of imidazole rings is 1. The Morgan fingerprint density at radius 2 is 1.84 bits per heavy atom. The number of hydrogen-bond acceptors (Lipinski definition) is 2.